The lowest BCUT2D eigenvalue weighted by Gasteiger charge is -2.21. The summed E-state index contributed by atoms with van der Waals surface area (Å²) in [6.45, 7) is 2.04. The van der Waals surface area contributed by atoms with E-state index in [0.29, 0.717) is 6.42 Å². The summed E-state index contributed by atoms with van der Waals surface area (Å²) in [4.78, 5) is 36.2. The standard InChI is InChI=1S/C16H16N2O3S/c1-9-7-10-3-2-4-11(15(10)22-9)8-14(20)17-12-5-6-13(19)18-16(12)21/h2-4,7,12H,5-6,8H2,1H3,(H,17,20)(H,18,19,21). The zero-order valence-corrected chi connectivity index (χ0v) is 13.0. The summed E-state index contributed by atoms with van der Waals surface area (Å²) in [7, 11) is 0. The largest absolute Gasteiger partial charge is 0.344 e. The maximum absolute atomic E-state index is 12.2. The summed E-state index contributed by atoms with van der Waals surface area (Å²) in [6.07, 6.45) is 0.851. The van der Waals surface area contributed by atoms with E-state index in [4.69, 9.17) is 0 Å². The van der Waals surface area contributed by atoms with Crippen LogP contribution in [0, 0.1) is 6.92 Å². The molecule has 1 fully saturated rings. The Balaban J connectivity index is 1.71. The molecular formula is C16H16N2O3S. The van der Waals surface area contributed by atoms with E-state index >= 15 is 0 Å². The van der Waals surface area contributed by atoms with Crippen molar-refractivity contribution in [2.24, 2.45) is 0 Å². The molecule has 114 valence electrons. The lowest BCUT2D eigenvalue weighted by molar-refractivity contribution is -0.137. The molecule has 6 heteroatoms. The Kier molecular flexibility index (Phi) is 3.94. The molecule has 0 saturated carbocycles. The van der Waals surface area contributed by atoms with Gasteiger partial charge in [-0.05, 0) is 30.4 Å². The zero-order chi connectivity index (χ0) is 15.7. The molecule has 3 amide bonds. The highest BCUT2D eigenvalue weighted by Gasteiger charge is 2.27. The molecule has 2 heterocycles. The Morgan fingerprint density at radius 3 is 3.00 bits per heavy atom. The minimum atomic E-state index is -0.616. The monoisotopic (exact) mass is 316 g/mol. The molecule has 0 radical (unpaired) electrons. The van der Waals surface area contributed by atoms with Crippen molar-refractivity contribution in [3.05, 3.63) is 34.7 Å². The topological polar surface area (TPSA) is 75.3 Å². The van der Waals surface area contributed by atoms with Gasteiger partial charge in [0.05, 0.1) is 6.42 Å². The predicted octanol–water partition coefficient (Wildman–Crippen LogP) is 1.67. The van der Waals surface area contributed by atoms with Gasteiger partial charge in [0.1, 0.15) is 6.04 Å². The Morgan fingerprint density at radius 1 is 1.41 bits per heavy atom. The van der Waals surface area contributed by atoms with Gasteiger partial charge in [0, 0.05) is 16.0 Å². The number of nitrogens with one attached hydrogen (secondary N) is 2. The first-order valence-electron chi connectivity index (χ1n) is 7.14. The third kappa shape index (κ3) is 3.01. The summed E-state index contributed by atoms with van der Waals surface area (Å²) in [5.41, 5.74) is 0.959. The first kappa shape index (κ1) is 14.7. The van der Waals surface area contributed by atoms with E-state index in [-0.39, 0.29) is 24.7 Å². The van der Waals surface area contributed by atoms with Gasteiger partial charge in [-0.3, -0.25) is 19.7 Å². The number of aryl methyl sites for hydroxylation is 1. The van der Waals surface area contributed by atoms with Crippen LogP contribution < -0.4 is 10.6 Å². The molecular weight excluding hydrogens is 300 g/mol. The van der Waals surface area contributed by atoms with E-state index in [1.165, 1.54) is 4.88 Å². The van der Waals surface area contributed by atoms with E-state index < -0.39 is 11.9 Å². The van der Waals surface area contributed by atoms with Crippen molar-refractivity contribution in [3.63, 3.8) is 0 Å². The lowest BCUT2D eigenvalue weighted by Crippen LogP contribution is -2.52. The van der Waals surface area contributed by atoms with Crippen molar-refractivity contribution in [2.45, 2.75) is 32.2 Å². The van der Waals surface area contributed by atoms with E-state index in [1.807, 2.05) is 25.1 Å². The number of hydrogen-bond acceptors (Lipinski definition) is 4. The summed E-state index contributed by atoms with van der Waals surface area (Å²) in [6, 6.07) is 7.38. The van der Waals surface area contributed by atoms with Gasteiger partial charge >= 0.3 is 0 Å². The molecule has 1 aliphatic rings. The number of benzene rings is 1. The highest BCUT2D eigenvalue weighted by molar-refractivity contribution is 7.19. The first-order valence-corrected chi connectivity index (χ1v) is 7.95. The van der Waals surface area contributed by atoms with Crippen molar-refractivity contribution >= 4 is 39.1 Å². The number of fused-ring (bicyclic) bond motifs is 1. The number of thiophene rings is 1. The van der Waals surface area contributed by atoms with Gasteiger partial charge in [0.2, 0.25) is 17.7 Å². The van der Waals surface area contributed by atoms with Gasteiger partial charge in [-0.2, -0.15) is 0 Å². The maximum Gasteiger partial charge on any atom is 0.249 e. The average Bonchev–Trinajstić information content (AvgIpc) is 2.83. The van der Waals surface area contributed by atoms with Crippen molar-refractivity contribution in [1.82, 2.24) is 10.6 Å². The van der Waals surface area contributed by atoms with Crippen LogP contribution in [0.5, 0.6) is 0 Å². The number of carbonyl (C=O) groups excluding carboxylic acids is 3. The van der Waals surface area contributed by atoms with E-state index in [1.54, 1.807) is 11.3 Å². The number of amides is 3. The molecule has 1 aromatic carbocycles. The number of rotatable bonds is 3. The van der Waals surface area contributed by atoms with Gasteiger partial charge in [-0.25, -0.2) is 0 Å². The van der Waals surface area contributed by atoms with Crippen LogP contribution in [-0.4, -0.2) is 23.8 Å². The number of piperidine rings is 1. The lowest BCUT2D eigenvalue weighted by atomic mass is 10.0. The molecule has 0 spiro atoms. The van der Waals surface area contributed by atoms with Crippen LogP contribution in [0.2, 0.25) is 0 Å². The summed E-state index contributed by atoms with van der Waals surface area (Å²) >= 11 is 1.66. The van der Waals surface area contributed by atoms with Crippen LogP contribution in [0.1, 0.15) is 23.3 Å². The zero-order valence-electron chi connectivity index (χ0n) is 12.1. The predicted molar refractivity (Wildman–Crippen MR) is 84.6 cm³/mol. The van der Waals surface area contributed by atoms with Crippen LogP contribution in [0.15, 0.2) is 24.3 Å². The minimum Gasteiger partial charge on any atom is -0.344 e. The second-order valence-corrected chi connectivity index (χ2v) is 6.70. The average molecular weight is 316 g/mol. The molecule has 1 aliphatic heterocycles. The molecule has 1 atom stereocenters. The van der Waals surface area contributed by atoms with Crippen LogP contribution in [0.25, 0.3) is 10.1 Å². The fourth-order valence-corrected chi connectivity index (χ4v) is 3.67. The quantitative estimate of drug-likeness (QED) is 0.846. The van der Waals surface area contributed by atoms with Gasteiger partial charge in [0.15, 0.2) is 0 Å². The molecule has 0 bridgehead atoms. The molecule has 3 rings (SSSR count). The van der Waals surface area contributed by atoms with Crippen LogP contribution >= 0.6 is 11.3 Å². The Morgan fingerprint density at radius 2 is 2.23 bits per heavy atom. The SMILES string of the molecule is Cc1cc2cccc(CC(=O)NC3CCC(=O)NC3=O)c2s1. The Bertz CT molecular complexity index is 766. The minimum absolute atomic E-state index is 0.201. The third-order valence-corrected chi connectivity index (χ3v) is 4.82. The highest BCUT2D eigenvalue weighted by atomic mass is 32.1. The van der Waals surface area contributed by atoms with Gasteiger partial charge < -0.3 is 5.32 Å². The fourth-order valence-electron chi connectivity index (χ4n) is 2.64. The molecule has 2 N–H and O–H groups in total. The second-order valence-electron chi connectivity index (χ2n) is 5.44. The van der Waals surface area contributed by atoms with Crippen molar-refractivity contribution in [3.8, 4) is 0 Å². The third-order valence-electron chi connectivity index (χ3n) is 3.67. The molecule has 2 aromatic rings. The van der Waals surface area contributed by atoms with Crippen LogP contribution in [0.4, 0.5) is 0 Å². The maximum atomic E-state index is 12.2. The fraction of sp³-hybridized carbons (Fsp3) is 0.312. The van der Waals surface area contributed by atoms with Crippen molar-refractivity contribution in [1.29, 1.82) is 0 Å². The van der Waals surface area contributed by atoms with Crippen LogP contribution in [0.3, 0.4) is 0 Å². The number of carbonyl (C=O) groups is 3. The number of imide groups is 1. The second kappa shape index (κ2) is 5.88. The Hall–Kier alpha value is -2.21. The molecule has 22 heavy (non-hydrogen) atoms. The molecule has 1 unspecified atom stereocenters. The summed E-state index contributed by atoms with van der Waals surface area (Å²) in [5, 5.41) is 6.08. The van der Waals surface area contributed by atoms with E-state index in [2.05, 4.69) is 16.7 Å². The molecule has 0 aliphatic carbocycles. The highest BCUT2D eigenvalue weighted by Crippen LogP contribution is 2.28. The molecule has 5 nitrogen and oxygen atoms in total. The molecule has 1 aromatic heterocycles. The Labute approximate surface area is 131 Å². The first-order chi connectivity index (χ1) is 10.5. The smallest absolute Gasteiger partial charge is 0.249 e. The number of hydrogen-bond donors (Lipinski definition) is 2. The van der Waals surface area contributed by atoms with Gasteiger partial charge in [-0.1, -0.05) is 18.2 Å². The van der Waals surface area contributed by atoms with E-state index in [0.717, 1.165) is 15.6 Å². The van der Waals surface area contributed by atoms with E-state index in [9.17, 15) is 14.4 Å². The van der Waals surface area contributed by atoms with Crippen LogP contribution in [-0.2, 0) is 20.8 Å². The normalized spacial score (nSPS) is 18.3. The van der Waals surface area contributed by atoms with Crippen molar-refractivity contribution < 1.29 is 14.4 Å². The van der Waals surface area contributed by atoms with Gasteiger partial charge in [-0.15, -0.1) is 11.3 Å². The van der Waals surface area contributed by atoms with Crippen molar-refractivity contribution in [2.75, 3.05) is 0 Å². The summed E-state index contributed by atoms with van der Waals surface area (Å²) < 4.78 is 1.11. The summed E-state index contributed by atoms with van der Waals surface area (Å²) in [5.74, 6) is -0.905. The van der Waals surface area contributed by atoms with Gasteiger partial charge in [0.25, 0.3) is 0 Å². The molecule has 1 saturated heterocycles.